The largest absolute Gasteiger partial charge is 0.456 e. The molecule has 0 saturated carbocycles. The van der Waals surface area contributed by atoms with Crippen molar-refractivity contribution < 1.29 is 8.83 Å². The van der Waals surface area contributed by atoms with Crippen molar-refractivity contribution in [2.24, 2.45) is 0 Å². The van der Waals surface area contributed by atoms with E-state index >= 15 is 0 Å². The summed E-state index contributed by atoms with van der Waals surface area (Å²) >= 11 is 0. The first kappa shape index (κ1) is 34.9. The van der Waals surface area contributed by atoms with Gasteiger partial charge in [-0.25, -0.2) is 0 Å². The molecule has 12 aromatic rings. The molecule has 12 rings (SSSR count). The number of furan rings is 2. The maximum atomic E-state index is 6.68. The molecule has 10 aromatic carbocycles. The van der Waals surface area contributed by atoms with Gasteiger partial charge in [-0.05, 0) is 105 Å². The summed E-state index contributed by atoms with van der Waals surface area (Å²) in [6.07, 6.45) is 0. The highest BCUT2D eigenvalue weighted by Crippen LogP contribution is 2.47. The summed E-state index contributed by atoms with van der Waals surface area (Å²) in [7, 11) is 0. The Labute approximate surface area is 353 Å². The quantitative estimate of drug-likeness (QED) is 0.161. The second-order valence-corrected chi connectivity index (χ2v) is 15.6. The van der Waals surface area contributed by atoms with Gasteiger partial charge in [-0.15, -0.1) is 0 Å². The molecule has 0 unspecified atom stereocenters. The molecule has 0 fully saturated rings. The Morgan fingerprint density at radius 1 is 0.295 bits per heavy atom. The third-order valence-electron chi connectivity index (χ3n) is 12.1. The molecule has 0 aliphatic carbocycles. The molecule has 0 atom stereocenters. The highest BCUT2D eigenvalue weighted by Gasteiger charge is 2.22. The number of para-hydroxylation sites is 2. The summed E-state index contributed by atoms with van der Waals surface area (Å²) in [5.74, 6) is 0. The second kappa shape index (κ2) is 14.3. The molecule has 0 aliphatic heterocycles. The number of nitrogens with zero attached hydrogens (tertiary/aromatic N) is 1. The van der Waals surface area contributed by atoms with Crippen LogP contribution in [0.2, 0.25) is 0 Å². The Hall–Kier alpha value is -8.14. The van der Waals surface area contributed by atoms with Gasteiger partial charge in [0.05, 0.1) is 5.69 Å². The number of fused-ring (bicyclic) bond motifs is 8. The molecule has 2 aromatic heterocycles. The highest BCUT2D eigenvalue weighted by molar-refractivity contribution is 6.20. The minimum absolute atomic E-state index is 0.864. The van der Waals surface area contributed by atoms with E-state index in [2.05, 4.69) is 217 Å². The van der Waals surface area contributed by atoms with E-state index in [1.807, 2.05) is 12.1 Å². The maximum Gasteiger partial charge on any atom is 0.143 e. The van der Waals surface area contributed by atoms with E-state index in [1.54, 1.807) is 0 Å². The van der Waals surface area contributed by atoms with Crippen LogP contribution in [0.4, 0.5) is 17.1 Å². The second-order valence-electron chi connectivity index (χ2n) is 15.6. The minimum Gasteiger partial charge on any atom is -0.456 e. The van der Waals surface area contributed by atoms with E-state index < -0.39 is 0 Å². The number of benzene rings is 10. The van der Waals surface area contributed by atoms with Gasteiger partial charge in [0, 0.05) is 43.9 Å². The van der Waals surface area contributed by atoms with Crippen molar-refractivity contribution in [1.29, 1.82) is 0 Å². The van der Waals surface area contributed by atoms with Gasteiger partial charge in [0.25, 0.3) is 0 Å². The van der Waals surface area contributed by atoms with Crippen LogP contribution in [0, 0.1) is 0 Å². The summed E-state index contributed by atoms with van der Waals surface area (Å²) in [6.45, 7) is 0. The lowest BCUT2D eigenvalue weighted by Crippen LogP contribution is -2.11. The maximum absolute atomic E-state index is 6.68. The van der Waals surface area contributed by atoms with E-state index in [0.717, 1.165) is 94.0 Å². The standard InChI is InChI=1S/C58H37NO2/c1-3-14-39(15-4-1)45-33-29-42(36-51(45)40-16-5-2-6-17-40)38-26-30-43(31-27-38)59(44-32-35-55-52(37-44)48-21-10-12-24-54(48)60-55)53-23-11-9-20-47(53)49-22-13-25-56-57(49)50-34-28-41-18-7-8-19-46(41)58(50)61-56/h1-37H. The van der Waals surface area contributed by atoms with E-state index in [4.69, 9.17) is 8.83 Å². The van der Waals surface area contributed by atoms with Crippen LogP contribution in [-0.4, -0.2) is 0 Å². The van der Waals surface area contributed by atoms with Gasteiger partial charge in [-0.2, -0.15) is 0 Å². The van der Waals surface area contributed by atoms with Crippen molar-refractivity contribution in [3.63, 3.8) is 0 Å². The normalized spacial score (nSPS) is 11.6. The van der Waals surface area contributed by atoms with Gasteiger partial charge < -0.3 is 13.7 Å². The van der Waals surface area contributed by atoms with Crippen LogP contribution < -0.4 is 4.90 Å². The molecule has 3 nitrogen and oxygen atoms in total. The summed E-state index contributed by atoms with van der Waals surface area (Å²) in [4.78, 5) is 2.38. The molecule has 0 amide bonds. The zero-order valence-electron chi connectivity index (χ0n) is 33.1. The van der Waals surface area contributed by atoms with Gasteiger partial charge in [-0.1, -0.05) is 164 Å². The molecule has 0 N–H and O–H groups in total. The smallest absolute Gasteiger partial charge is 0.143 e. The topological polar surface area (TPSA) is 29.5 Å². The summed E-state index contributed by atoms with van der Waals surface area (Å²) < 4.78 is 13.0. The van der Waals surface area contributed by atoms with Gasteiger partial charge in [0.2, 0.25) is 0 Å². The molecule has 0 saturated heterocycles. The van der Waals surface area contributed by atoms with Crippen molar-refractivity contribution in [2.45, 2.75) is 0 Å². The highest BCUT2D eigenvalue weighted by atomic mass is 16.3. The summed E-state index contributed by atoms with van der Waals surface area (Å²) in [5.41, 5.74) is 16.0. The zero-order chi connectivity index (χ0) is 40.3. The SMILES string of the molecule is c1ccc(-c2ccc(-c3ccc(N(c4ccc5oc6ccccc6c5c4)c4ccccc4-c4cccc5oc6c7ccccc7ccc6c45)cc3)cc2-c2ccccc2)cc1. The first-order chi connectivity index (χ1) is 30.2. The molecule has 0 spiro atoms. The zero-order valence-corrected chi connectivity index (χ0v) is 33.1. The molecule has 0 radical (unpaired) electrons. The lowest BCUT2D eigenvalue weighted by Gasteiger charge is -2.28. The number of rotatable bonds is 7. The monoisotopic (exact) mass is 779 g/mol. The molecule has 286 valence electrons. The predicted octanol–water partition coefficient (Wildman–Crippen LogP) is 16.8. The van der Waals surface area contributed by atoms with Crippen molar-refractivity contribution in [2.75, 3.05) is 4.90 Å². The Morgan fingerprint density at radius 3 is 1.77 bits per heavy atom. The fourth-order valence-electron chi connectivity index (χ4n) is 9.21. The summed E-state index contributed by atoms with van der Waals surface area (Å²) in [6, 6.07) is 80.0. The van der Waals surface area contributed by atoms with Crippen molar-refractivity contribution in [1.82, 2.24) is 0 Å². The Kier molecular flexibility index (Phi) is 8.17. The molecular formula is C58H37NO2. The minimum atomic E-state index is 0.864. The number of anilines is 3. The van der Waals surface area contributed by atoms with Crippen molar-refractivity contribution in [3.05, 3.63) is 224 Å². The third kappa shape index (κ3) is 5.90. The molecule has 0 bridgehead atoms. The fraction of sp³-hybridized carbons (Fsp3) is 0. The van der Waals surface area contributed by atoms with Gasteiger partial charge in [0.1, 0.15) is 22.3 Å². The first-order valence-corrected chi connectivity index (χ1v) is 20.7. The van der Waals surface area contributed by atoms with Crippen molar-refractivity contribution >= 4 is 71.7 Å². The Bertz CT molecular complexity index is 3580. The average molecular weight is 780 g/mol. The van der Waals surface area contributed by atoms with Gasteiger partial charge >= 0.3 is 0 Å². The van der Waals surface area contributed by atoms with Crippen molar-refractivity contribution in [3.8, 4) is 44.5 Å². The van der Waals surface area contributed by atoms with Crippen LogP contribution >= 0.6 is 0 Å². The van der Waals surface area contributed by atoms with Crippen LogP contribution in [0.5, 0.6) is 0 Å². The third-order valence-corrected chi connectivity index (χ3v) is 12.1. The molecular weight excluding hydrogens is 743 g/mol. The molecule has 3 heteroatoms. The van der Waals surface area contributed by atoms with E-state index in [0.29, 0.717) is 0 Å². The van der Waals surface area contributed by atoms with E-state index in [1.165, 1.54) is 22.3 Å². The van der Waals surface area contributed by atoms with Crippen LogP contribution in [0.3, 0.4) is 0 Å². The van der Waals surface area contributed by atoms with Crippen LogP contribution in [0.15, 0.2) is 233 Å². The van der Waals surface area contributed by atoms with E-state index in [9.17, 15) is 0 Å². The first-order valence-electron chi connectivity index (χ1n) is 20.7. The van der Waals surface area contributed by atoms with E-state index in [-0.39, 0.29) is 0 Å². The molecule has 2 heterocycles. The predicted molar refractivity (Wildman–Crippen MR) is 255 cm³/mol. The average Bonchev–Trinajstić information content (AvgIpc) is 3.91. The number of hydrogen-bond donors (Lipinski definition) is 0. The molecule has 61 heavy (non-hydrogen) atoms. The van der Waals surface area contributed by atoms with Crippen LogP contribution in [-0.2, 0) is 0 Å². The fourth-order valence-corrected chi connectivity index (χ4v) is 9.21. The number of hydrogen-bond acceptors (Lipinski definition) is 3. The Balaban J connectivity index is 1.03. The summed E-state index contributed by atoms with van der Waals surface area (Å²) in [5, 5.41) is 6.66. The lowest BCUT2D eigenvalue weighted by molar-refractivity contribution is 0.669. The van der Waals surface area contributed by atoms with Gasteiger partial charge in [0.15, 0.2) is 0 Å². The Morgan fingerprint density at radius 2 is 0.934 bits per heavy atom. The van der Waals surface area contributed by atoms with Crippen LogP contribution in [0.1, 0.15) is 0 Å². The van der Waals surface area contributed by atoms with Crippen LogP contribution in [0.25, 0.3) is 99.2 Å². The van der Waals surface area contributed by atoms with Gasteiger partial charge in [-0.3, -0.25) is 0 Å². The molecule has 0 aliphatic rings. The lowest BCUT2D eigenvalue weighted by atomic mass is 9.91.